The number of hydrogen-bond donors (Lipinski definition) is 0. The minimum absolute atomic E-state index is 0.230. The molecule has 3 rings (SSSR count). The van der Waals surface area contributed by atoms with E-state index < -0.39 is 6.72 Å². The van der Waals surface area contributed by atoms with Crippen LogP contribution in [-0.4, -0.2) is 40.2 Å². The van der Waals surface area contributed by atoms with Crippen LogP contribution in [0.5, 0.6) is 34.5 Å². The highest BCUT2D eigenvalue weighted by molar-refractivity contribution is 8.08. The lowest BCUT2D eigenvalue weighted by atomic mass is 10.2. The molecule has 3 aromatic carbocycles. The normalized spacial score (nSPS) is 11.4. The average molecular weight is 595 g/mol. The summed E-state index contributed by atoms with van der Waals surface area (Å²) in [6.45, 7) is -3.74. The molecule has 0 aromatic heterocycles. The van der Waals surface area contributed by atoms with E-state index in [4.69, 9.17) is 39.6 Å². The lowest BCUT2D eigenvalue weighted by Gasteiger charge is -2.25. The van der Waals surface area contributed by atoms with Crippen molar-refractivity contribution in [1.29, 1.82) is 0 Å². The number of benzene rings is 3. The van der Waals surface area contributed by atoms with Crippen molar-refractivity contribution in [2.75, 3.05) is 21.3 Å². The van der Waals surface area contributed by atoms with Crippen molar-refractivity contribution >= 4 is 55.6 Å². The van der Waals surface area contributed by atoms with Crippen LogP contribution >= 0.6 is 6.72 Å². The van der Waals surface area contributed by atoms with Crippen LogP contribution in [0.4, 0.5) is 0 Å². The molecule has 0 aliphatic heterocycles. The number of rotatable bonds is 15. The summed E-state index contributed by atoms with van der Waals surface area (Å²) >= 11 is 5.88. The van der Waals surface area contributed by atoms with Crippen molar-refractivity contribution in [1.82, 2.24) is 0 Å². The molecule has 212 valence electrons. The first-order valence-electron chi connectivity index (χ1n) is 12.0. The van der Waals surface area contributed by atoms with Crippen LogP contribution in [0.2, 0.25) is 0 Å². The number of carbonyl (C=O) groups is 3. The standard InChI is InChI=1S/C30H27O9PS/c1-34-28-19-22(7-4-16-31)10-13-25(28)37-40(41,38-26-14-11-23(8-5-17-32)20-29(26)35-2)39-27-15-12-24(9-6-18-33)21-30(27)36-3/h4-21H,1-3H3/b7-4+,8-5+,9-6+. The summed E-state index contributed by atoms with van der Waals surface area (Å²) in [7, 11) is 4.39. The summed E-state index contributed by atoms with van der Waals surface area (Å²) in [6.07, 6.45) is 10.9. The third-order valence-electron chi connectivity index (χ3n) is 5.30. The first-order valence-corrected chi connectivity index (χ1v) is 14.5. The molecule has 0 bridgehead atoms. The minimum Gasteiger partial charge on any atom is -0.493 e. The molecule has 0 radical (unpaired) electrons. The van der Waals surface area contributed by atoms with E-state index in [-0.39, 0.29) is 17.2 Å². The first kappa shape index (κ1) is 30.9. The molecule has 0 aliphatic rings. The van der Waals surface area contributed by atoms with E-state index in [0.717, 1.165) is 0 Å². The largest absolute Gasteiger partial charge is 0.493 e. The highest BCUT2D eigenvalue weighted by atomic mass is 32.5. The Kier molecular flexibility index (Phi) is 11.5. The number of hydrogen-bond acceptors (Lipinski definition) is 10. The molecule has 0 saturated heterocycles. The smallest absolute Gasteiger partial charge is 0.490 e. The van der Waals surface area contributed by atoms with Crippen LogP contribution in [0.3, 0.4) is 0 Å². The number of ether oxygens (including phenoxy) is 3. The second kappa shape index (κ2) is 15.2. The number of carbonyl (C=O) groups excluding carboxylic acids is 3. The molecule has 3 aromatic rings. The van der Waals surface area contributed by atoms with Crippen LogP contribution in [0.15, 0.2) is 72.8 Å². The highest BCUT2D eigenvalue weighted by Gasteiger charge is 2.31. The predicted octanol–water partition coefficient (Wildman–Crippen LogP) is 6.11. The zero-order valence-corrected chi connectivity index (χ0v) is 24.1. The second-order valence-corrected chi connectivity index (χ2v) is 10.7. The van der Waals surface area contributed by atoms with E-state index in [1.807, 2.05) is 0 Å². The van der Waals surface area contributed by atoms with Crippen LogP contribution in [0.1, 0.15) is 16.7 Å². The molecule has 0 atom stereocenters. The number of methoxy groups -OCH3 is 3. The third kappa shape index (κ3) is 8.66. The molecule has 11 heteroatoms. The Bertz CT molecular complexity index is 1350. The van der Waals surface area contributed by atoms with Gasteiger partial charge in [0.2, 0.25) is 0 Å². The van der Waals surface area contributed by atoms with Crippen molar-refractivity contribution < 1.29 is 42.2 Å². The molecule has 0 aliphatic carbocycles. The summed E-state index contributed by atoms with van der Waals surface area (Å²) < 4.78 is 35.1. The van der Waals surface area contributed by atoms with Gasteiger partial charge >= 0.3 is 6.72 Å². The SMILES string of the molecule is COc1cc(/C=C/C=O)ccc1OP(=S)(Oc1ccc(/C=C/C=O)cc1OC)Oc1ccc(/C=C/C=O)cc1OC. The second-order valence-electron chi connectivity index (χ2n) is 7.94. The maximum absolute atomic E-state index is 10.7. The van der Waals surface area contributed by atoms with E-state index in [1.54, 1.807) is 72.8 Å². The van der Waals surface area contributed by atoms with Gasteiger partial charge in [0.25, 0.3) is 0 Å². The fourth-order valence-electron chi connectivity index (χ4n) is 3.46. The zero-order chi connectivity index (χ0) is 29.7. The van der Waals surface area contributed by atoms with E-state index >= 15 is 0 Å². The minimum atomic E-state index is -3.74. The molecule has 0 N–H and O–H groups in total. The maximum Gasteiger partial charge on any atom is 0.490 e. The molecule has 9 nitrogen and oxygen atoms in total. The van der Waals surface area contributed by atoms with Gasteiger partial charge < -0.3 is 27.8 Å². The van der Waals surface area contributed by atoms with E-state index in [0.29, 0.717) is 52.8 Å². The van der Waals surface area contributed by atoms with Gasteiger partial charge in [0.15, 0.2) is 34.5 Å². The summed E-state index contributed by atoms with van der Waals surface area (Å²) in [5.41, 5.74) is 2.08. The Balaban J connectivity index is 2.08. The Morgan fingerprint density at radius 3 is 1.05 bits per heavy atom. The van der Waals surface area contributed by atoms with Gasteiger partial charge in [-0.3, -0.25) is 14.4 Å². The van der Waals surface area contributed by atoms with E-state index in [9.17, 15) is 14.4 Å². The predicted molar refractivity (Wildman–Crippen MR) is 160 cm³/mol. The van der Waals surface area contributed by atoms with Crippen molar-refractivity contribution in [3.05, 3.63) is 89.5 Å². The highest BCUT2D eigenvalue weighted by Crippen LogP contribution is 2.55. The first-order chi connectivity index (χ1) is 19.9. The Morgan fingerprint density at radius 1 is 0.512 bits per heavy atom. The van der Waals surface area contributed by atoms with Gasteiger partial charge in [0.05, 0.1) is 21.3 Å². The van der Waals surface area contributed by atoms with Crippen LogP contribution in [0.25, 0.3) is 18.2 Å². The number of aldehydes is 3. The molecule has 0 amide bonds. The van der Waals surface area contributed by atoms with E-state index in [1.165, 1.54) is 39.6 Å². The Labute approximate surface area is 242 Å². The molecular formula is C30H27O9PS. The fraction of sp³-hybridized carbons (Fsp3) is 0.100. The molecule has 0 spiro atoms. The molecule has 0 unspecified atom stereocenters. The zero-order valence-electron chi connectivity index (χ0n) is 22.4. The Hall–Kier alpha value is -4.66. The van der Waals surface area contributed by atoms with Gasteiger partial charge in [-0.05, 0) is 71.3 Å². The van der Waals surface area contributed by atoms with Gasteiger partial charge in [-0.1, -0.05) is 36.4 Å². The molecule has 0 saturated carbocycles. The molecule has 0 heterocycles. The van der Waals surface area contributed by atoms with Crippen molar-refractivity contribution in [3.8, 4) is 34.5 Å². The van der Waals surface area contributed by atoms with Gasteiger partial charge in [-0.15, -0.1) is 0 Å². The summed E-state index contributed by atoms with van der Waals surface area (Å²) in [4.78, 5) is 32.2. The van der Waals surface area contributed by atoms with Crippen molar-refractivity contribution in [2.45, 2.75) is 0 Å². The number of allylic oxidation sites excluding steroid dienone is 3. The molecule has 0 fully saturated rings. The van der Waals surface area contributed by atoms with Gasteiger partial charge in [0, 0.05) is 11.8 Å². The van der Waals surface area contributed by atoms with E-state index in [2.05, 4.69) is 0 Å². The topological polar surface area (TPSA) is 107 Å². The van der Waals surface area contributed by atoms with Crippen molar-refractivity contribution in [2.24, 2.45) is 0 Å². The average Bonchev–Trinajstić information content (AvgIpc) is 2.99. The van der Waals surface area contributed by atoms with Crippen LogP contribution in [0, 0.1) is 0 Å². The lowest BCUT2D eigenvalue weighted by Crippen LogP contribution is -2.09. The lowest BCUT2D eigenvalue weighted by molar-refractivity contribution is -0.104. The summed E-state index contributed by atoms with van der Waals surface area (Å²) in [5.74, 6) is 1.65. The maximum atomic E-state index is 10.7. The third-order valence-corrected chi connectivity index (χ3v) is 7.23. The monoisotopic (exact) mass is 594 g/mol. The Morgan fingerprint density at radius 2 is 0.805 bits per heavy atom. The van der Waals surface area contributed by atoms with Crippen molar-refractivity contribution in [3.63, 3.8) is 0 Å². The summed E-state index contributed by atoms with van der Waals surface area (Å²) in [5, 5.41) is 0. The fourth-order valence-corrected chi connectivity index (χ4v) is 5.47. The quantitative estimate of drug-likeness (QED) is 0.116. The molecular weight excluding hydrogens is 567 g/mol. The van der Waals surface area contributed by atoms with Crippen LogP contribution < -0.4 is 27.8 Å². The van der Waals surface area contributed by atoms with Gasteiger partial charge in [-0.2, -0.15) is 0 Å². The van der Waals surface area contributed by atoms with Gasteiger partial charge in [0.1, 0.15) is 18.9 Å². The van der Waals surface area contributed by atoms with Crippen LogP contribution in [-0.2, 0) is 26.2 Å². The molecule has 41 heavy (non-hydrogen) atoms. The van der Waals surface area contributed by atoms with Gasteiger partial charge in [-0.25, -0.2) is 0 Å². The summed E-state index contributed by atoms with van der Waals surface area (Å²) in [6, 6.07) is 15.0.